The van der Waals surface area contributed by atoms with E-state index in [0.29, 0.717) is 28.3 Å². The molecule has 3 aromatic rings. The van der Waals surface area contributed by atoms with Gasteiger partial charge in [0.05, 0.1) is 5.56 Å². The molecule has 0 fully saturated rings. The molecule has 122 valence electrons. The smallest absolute Gasteiger partial charge is 0.416 e. The summed E-state index contributed by atoms with van der Waals surface area (Å²) in [7, 11) is 0. The SMILES string of the molecule is Nc1ccc(Oc2ccccc2-c2ccc(C(F)(F)F)cc2)cc1. The Hall–Kier alpha value is -2.95. The Labute approximate surface area is 137 Å². The zero-order valence-corrected chi connectivity index (χ0v) is 12.5. The molecule has 0 aliphatic heterocycles. The molecule has 0 amide bonds. The van der Waals surface area contributed by atoms with Crippen molar-refractivity contribution in [1.29, 1.82) is 0 Å². The van der Waals surface area contributed by atoms with Crippen molar-refractivity contribution in [1.82, 2.24) is 0 Å². The van der Waals surface area contributed by atoms with Crippen LogP contribution in [0.3, 0.4) is 0 Å². The van der Waals surface area contributed by atoms with Gasteiger partial charge in [0.25, 0.3) is 0 Å². The van der Waals surface area contributed by atoms with Gasteiger partial charge in [0.1, 0.15) is 11.5 Å². The first-order valence-corrected chi connectivity index (χ1v) is 7.23. The highest BCUT2D eigenvalue weighted by molar-refractivity contribution is 5.71. The predicted molar refractivity (Wildman–Crippen MR) is 87.8 cm³/mol. The van der Waals surface area contributed by atoms with Gasteiger partial charge in [-0.3, -0.25) is 0 Å². The molecule has 2 nitrogen and oxygen atoms in total. The van der Waals surface area contributed by atoms with Crippen LogP contribution in [-0.4, -0.2) is 0 Å². The number of nitrogen functional groups attached to an aromatic ring is 1. The number of rotatable bonds is 3. The molecule has 5 heteroatoms. The molecule has 0 atom stereocenters. The Morgan fingerprint density at radius 3 is 2.00 bits per heavy atom. The van der Waals surface area contributed by atoms with Crippen molar-refractivity contribution >= 4 is 5.69 Å². The molecular formula is C19H14F3NO. The third kappa shape index (κ3) is 3.51. The summed E-state index contributed by atoms with van der Waals surface area (Å²) in [6.45, 7) is 0. The number of anilines is 1. The summed E-state index contributed by atoms with van der Waals surface area (Å²) in [5.41, 5.74) is 6.95. The van der Waals surface area contributed by atoms with Gasteiger partial charge in [-0.05, 0) is 48.0 Å². The van der Waals surface area contributed by atoms with E-state index in [1.54, 1.807) is 42.5 Å². The molecule has 0 unspecified atom stereocenters. The Balaban J connectivity index is 1.93. The van der Waals surface area contributed by atoms with E-state index in [1.807, 2.05) is 6.07 Å². The topological polar surface area (TPSA) is 35.2 Å². The highest BCUT2D eigenvalue weighted by atomic mass is 19.4. The van der Waals surface area contributed by atoms with E-state index in [2.05, 4.69) is 0 Å². The van der Waals surface area contributed by atoms with Crippen LogP contribution in [0.25, 0.3) is 11.1 Å². The number of alkyl halides is 3. The maximum Gasteiger partial charge on any atom is 0.416 e. The second-order valence-corrected chi connectivity index (χ2v) is 5.24. The monoisotopic (exact) mass is 329 g/mol. The largest absolute Gasteiger partial charge is 0.457 e. The zero-order valence-electron chi connectivity index (χ0n) is 12.5. The summed E-state index contributed by atoms with van der Waals surface area (Å²) in [5.74, 6) is 1.16. The van der Waals surface area contributed by atoms with Crippen LogP contribution in [0.2, 0.25) is 0 Å². The van der Waals surface area contributed by atoms with E-state index < -0.39 is 11.7 Å². The van der Waals surface area contributed by atoms with Gasteiger partial charge in [0, 0.05) is 11.3 Å². The average Bonchev–Trinajstić information content (AvgIpc) is 2.57. The number of benzene rings is 3. The van der Waals surface area contributed by atoms with Crippen molar-refractivity contribution in [2.45, 2.75) is 6.18 Å². The van der Waals surface area contributed by atoms with E-state index in [-0.39, 0.29) is 0 Å². The zero-order chi connectivity index (χ0) is 17.2. The molecular weight excluding hydrogens is 315 g/mol. The third-order valence-electron chi connectivity index (χ3n) is 3.52. The fourth-order valence-electron chi connectivity index (χ4n) is 2.30. The molecule has 0 bridgehead atoms. The Morgan fingerprint density at radius 1 is 0.750 bits per heavy atom. The molecule has 0 saturated heterocycles. The van der Waals surface area contributed by atoms with Crippen LogP contribution < -0.4 is 10.5 Å². The van der Waals surface area contributed by atoms with Crippen LogP contribution in [-0.2, 0) is 6.18 Å². The lowest BCUT2D eigenvalue weighted by Crippen LogP contribution is -2.04. The molecule has 2 N–H and O–H groups in total. The van der Waals surface area contributed by atoms with Crippen LogP contribution in [0.15, 0.2) is 72.8 Å². The maximum absolute atomic E-state index is 12.7. The minimum absolute atomic E-state index is 0.557. The normalized spacial score (nSPS) is 11.3. The Kier molecular flexibility index (Phi) is 4.16. The number of hydrogen-bond acceptors (Lipinski definition) is 2. The van der Waals surface area contributed by atoms with Gasteiger partial charge < -0.3 is 10.5 Å². The predicted octanol–water partition coefficient (Wildman–Crippen LogP) is 5.75. The summed E-state index contributed by atoms with van der Waals surface area (Å²) < 4.78 is 43.9. The summed E-state index contributed by atoms with van der Waals surface area (Å²) in [5, 5.41) is 0. The van der Waals surface area contributed by atoms with Gasteiger partial charge >= 0.3 is 6.18 Å². The van der Waals surface area contributed by atoms with E-state index in [1.165, 1.54) is 12.1 Å². The molecule has 0 heterocycles. The Bertz CT molecular complexity index is 824. The van der Waals surface area contributed by atoms with Gasteiger partial charge in [-0.1, -0.05) is 30.3 Å². The van der Waals surface area contributed by atoms with Crippen LogP contribution >= 0.6 is 0 Å². The van der Waals surface area contributed by atoms with E-state index >= 15 is 0 Å². The lowest BCUT2D eigenvalue weighted by Gasteiger charge is -2.12. The molecule has 0 radical (unpaired) electrons. The first kappa shape index (κ1) is 15.9. The lowest BCUT2D eigenvalue weighted by atomic mass is 10.0. The van der Waals surface area contributed by atoms with Crippen LogP contribution in [0.5, 0.6) is 11.5 Å². The van der Waals surface area contributed by atoms with E-state index in [4.69, 9.17) is 10.5 Å². The summed E-state index contributed by atoms with van der Waals surface area (Å²) in [4.78, 5) is 0. The molecule has 24 heavy (non-hydrogen) atoms. The standard InChI is InChI=1S/C19H14F3NO/c20-19(21,22)14-7-5-13(6-8-14)17-3-1-2-4-18(17)24-16-11-9-15(23)10-12-16/h1-12H,23H2. The van der Waals surface area contributed by atoms with Gasteiger partial charge in [0.15, 0.2) is 0 Å². The first-order chi connectivity index (χ1) is 11.4. The van der Waals surface area contributed by atoms with Crippen LogP contribution in [0.1, 0.15) is 5.56 Å². The van der Waals surface area contributed by atoms with Crippen molar-refractivity contribution in [2.75, 3.05) is 5.73 Å². The fraction of sp³-hybridized carbons (Fsp3) is 0.0526. The van der Waals surface area contributed by atoms with Crippen molar-refractivity contribution in [3.63, 3.8) is 0 Å². The van der Waals surface area contributed by atoms with Crippen molar-refractivity contribution in [2.24, 2.45) is 0 Å². The average molecular weight is 329 g/mol. The summed E-state index contributed by atoms with van der Waals surface area (Å²) >= 11 is 0. The van der Waals surface area contributed by atoms with Crippen molar-refractivity contribution in [3.8, 4) is 22.6 Å². The quantitative estimate of drug-likeness (QED) is 0.621. The van der Waals surface area contributed by atoms with Gasteiger partial charge in [-0.2, -0.15) is 13.2 Å². The van der Waals surface area contributed by atoms with E-state index in [9.17, 15) is 13.2 Å². The van der Waals surface area contributed by atoms with E-state index in [0.717, 1.165) is 12.1 Å². The number of para-hydroxylation sites is 1. The Morgan fingerprint density at radius 2 is 1.38 bits per heavy atom. The number of nitrogens with two attached hydrogens (primary N) is 1. The third-order valence-corrected chi connectivity index (χ3v) is 3.52. The fourth-order valence-corrected chi connectivity index (χ4v) is 2.30. The molecule has 0 aromatic heterocycles. The van der Waals surface area contributed by atoms with Gasteiger partial charge in [-0.25, -0.2) is 0 Å². The minimum atomic E-state index is -4.35. The highest BCUT2D eigenvalue weighted by Crippen LogP contribution is 2.35. The van der Waals surface area contributed by atoms with Crippen LogP contribution in [0, 0.1) is 0 Å². The molecule has 3 rings (SSSR count). The minimum Gasteiger partial charge on any atom is -0.457 e. The molecule has 0 aliphatic carbocycles. The summed E-state index contributed by atoms with van der Waals surface area (Å²) in [6.07, 6.45) is -4.35. The number of ether oxygens (including phenoxy) is 1. The molecule has 0 saturated carbocycles. The second kappa shape index (κ2) is 6.28. The van der Waals surface area contributed by atoms with Gasteiger partial charge in [-0.15, -0.1) is 0 Å². The molecule has 0 spiro atoms. The number of halogens is 3. The second-order valence-electron chi connectivity index (χ2n) is 5.24. The first-order valence-electron chi connectivity index (χ1n) is 7.23. The van der Waals surface area contributed by atoms with Crippen molar-refractivity contribution < 1.29 is 17.9 Å². The van der Waals surface area contributed by atoms with Crippen LogP contribution in [0.4, 0.5) is 18.9 Å². The highest BCUT2D eigenvalue weighted by Gasteiger charge is 2.30. The molecule has 3 aromatic carbocycles. The number of hydrogen-bond donors (Lipinski definition) is 1. The van der Waals surface area contributed by atoms with Crippen molar-refractivity contribution in [3.05, 3.63) is 78.4 Å². The maximum atomic E-state index is 12.7. The lowest BCUT2D eigenvalue weighted by molar-refractivity contribution is -0.137. The molecule has 0 aliphatic rings. The summed E-state index contributed by atoms with van der Waals surface area (Å²) in [6, 6.07) is 19.1. The van der Waals surface area contributed by atoms with Gasteiger partial charge in [0.2, 0.25) is 0 Å².